The molecule has 1 aromatic rings. The van der Waals surface area contributed by atoms with Gasteiger partial charge in [0.2, 0.25) is 5.56 Å². The lowest BCUT2D eigenvalue weighted by atomic mass is 10.1. The maximum absolute atomic E-state index is 11.3. The monoisotopic (exact) mass is 221 g/mol. The van der Waals surface area contributed by atoms with Crippen LogP contribution >= 0.6 is 0 Å². The Labute approximate surface area is 95.7 Å². The van der Waals surface area contributed by atoms with E-state index >= 15 is 0 Å². The summed E-state index contributed by atoms with van der Waals surface area (Å²) in [5, 5.41) is 3.34. The summed E-state index contributed by atoms with van der Waals surface area (Å²) in [5.41, 5.74) is 3.36. The molecule has 0 atom stereocenters. The smallest absolute Gasteiger partial charge is 0.248 e. The largest absolute Gasteiger partial charge is 0.326 e. The summed E-state index contributed by atoms with van der Waals surface area (Å²) >= 11 is 0. The average Bonchev–Trinajstić information content (AvgIpc) is 2.25. The number of piperazine rings is 1. The maximum atomic E-state index is 11.3. The molecule has 2 N–H and O–H groups in total. The van der Waals surface area contributed by atoms with E-state index in [-0.39, 0.29) is 5.56 Å². The molecule has 1 aliphatic heterocycles. The van der Waals surface area contributed by atoms with Crippen molar-refractivity contribution in [3.8, 4) is 0 Å². The Morgan fingerprint density at radius 1 is 1.31 bits per heavy atom. The summed E-state index contributed by atoms with van der Waals surface area (Å²) in [6.45, 7) is 9.21. The van der Waals surface area contributed by atoms with Crippen molar-refractivity contribution in [2.45, 2.75) is 20.4 Å². The number of nitrogens with one attached hydrogen (secondary N) is 2. The zero-order valence-electron chi connectivity index (χ0n) is 9.97. The highest BCUT2D eigenvalue weighted by atomic mass is 16.1. The summed E-state index contributed by atoms with van der Waals surface area (Å²) in [4.78, 5) is 16.6. The van der Waals surface area contributed by atoms with E-state index in [2.05, 4.69) is 15.2 Å². The lowest BCUT2D eigenvalue weighted by Crippen LogP contribution is -2.43. The Morgan fingerprint density at radius 3 is 2.62 bits per heavy atom. The summed E-state index contributed by atoms with van der Waals surface area (Å²) in [7, 11) is 0. The van der Waals surface area contributed by atoms with Crippen LogP contribution in [0.15, 0.2) is 10.9 Å². The molecule has 88 valence electrons. The third kappa shape index (κ3) is 2.51. The fourth-order valence-electron chi connectivity index (χ4n) is 2.21. The van der Waals surface area contributed by atoms with Gasteiger partial charge in [-0.25, -0.2) is 0 Å². The van der Waals surface area contributed by atoms with Gasteiger partial charge in [-0.1, -0.05) is 0 Å². The Balaban J connectivity index is 2.17. The minimum atomic E-state index is -0.000870. The van der Waals surface area contributed by atoms with Crippen molar-refractivity contribution in [2.24, 2.45) is 0 Å². The number of aromatic amines is 1. The first-order valence-corrected chi connectivity index (χ1v) is 5.79. The van der Waals surface area contributed by atoms with E-state index in [9.17, 15) is 4.79 Å². The summed E-state index contributed by atoms with van der Waals surface area (Å²) < 4.78 is 0. The van der Waals surface area contributed by atoms with Gasteiger partial charge in [0.15, 0.2) is 0 Å². The molecular formula is C12H19N3O. The Kier molecular flexibility index (Phi) is 3.41. The summed E-state index contributed by atoms with van der Waals surface area (Å²) in [6, 6.07) is 1.69. The number of rotatable bonds is 2. The van der Waals surface area contributed by atoms with E-state index in [1.807, 2.05) is 13.8 Å². The van der Waals surface area contributed by atoms with Crippen molar-refractivity contribution in [1.29, 1.82) is 0 Å². The van der Waals surface area contributed by atoms with E-state index in [0.717, 1.165) is 44.0 Å². The molecule has 0 aromatic carbocycles. The number of pyridine rings is 1. The van der Waals surface area contributed by atoms with Crippen LogP contribution in [0.1, 0.15) is 16.8 Å². The lowest BCUT2D eigenvalue weighted by molar-refractivity contribution is 0.232. The molecule has 2 rings (SSSR count). The van der Waals surface area contributed by atoms with E-state index in [1.165, 1.54) is 5.56 Å². The molecule has 1 aromatic heterocycles. The van der Waals surface area contributed by atoms with Crippen molar-refractivity contribution >= 4 is 0 Å². The van der Waals surface area contributed by atoms with Gasteiger partial charge in [0, 0.05) is 44.5 Å². The van der Waals surface area contributed by atoms with Gasteiger partial charge >= 0.3 is 0 Å². The fraction of sp³-hybridized carbons (Fsp3) is 0.583. The fourth-order valence-corrected chi connectivity index (χ4v) is 2.21. The van der Waals surface area contributed by atoms with Crippen molar-refractivity contribution in [1.82, 2.24) is 15.2 Å². The third-order valence-electron chi connectivity index (χ3n) is 3.18. The molecule has 16 heavy (non-hydrogen) atoms. The van der Waals surface area contributed by atoms with Crippen LogP contribution < -0.4 is 10.9 Å². The molecule has 1 fully saturated rings. The topological polar surface area (TPSA) is 48.1 Å². The molecule has 4 nitrogen and oxygen atoms in total. The maximum Gasteiger partial charge on any atom is 0.248 e. The molecule has 2 heterocycles. The minimum Gasteiger partial charge on any atom is -0.326 e. The standard InChI is InChI=1S/C12H19N3O/c1-9-7-12(16)14-10(2)11(9)8-15-5-3-13-4-6-15/h7,13H,3-6,8H2,1-2H3,(H,14,16). The van der Waals surface area contributed by atoms with Crippen molar-refractivity contribution in [2.75, 3.05) is 26.2 Å². The highest BCUT2D eigenvalue weighted by Gasteiger charge is 2.13. The molecule has 0 spiro atoms. The lowest BCUT2D eigenvalue weighted by Gasteiger charge is -2.28. The van der Waals surface area contributed by atoms with Crippen LogP contribution in [0.3, 0.4) is 0 Å². The van der Waals surface area contributed by atoms with E-state index in [4.69, 9.17) is 0 Å². The van der Waals surface area contributed by atoms with Gasteiger partial charge < -0.3 is 10.3 Å². The highest BCUT2D eigenvalue weighted by molar-refractivity contribution is 5.28. The molecule has 1 saturated heterocycles. The molecule has 0 unspecified atom stereocenters. The second kappa shape index (κ2) is 4.80. The van der Waals surface area contributed by atoms with Crippen LogP contribution in [0.2, 0.25) is 0 Å². The van der Waals surface area contributed by atoms with E-state index < -0.39 is 0 Å². The van der Waals surface area contributed by atoms with E-state index in [1.54, 1.807) is 6.07 Å². The number of H-pyrrole nitrogens is 1. The minimum absolute atomic E-state index is 0.000870. The molecule has 0 amide bonds. The van der Waals surface area contributed by atoms with Crippen molar-refractivity contribution < 1.29 is 0 Å². The first-order valence-electron chi connectivity index (χ1n) is 5.79. The van der Waals surface area contributed by atoms with Crippen LogP contribution in [0.4, 0.5) is 0 Å². The van der Waals surface area contributed by atoms with E-state index in [0.29, 0.717) is 0 Å². The Hall–Kier alpha value is -1.13. The number of nitrogens with zero attached hydrogens (tertiary/aromatic N) is 1. The molecule has 0 bridgehead atoms. The summed E-state index contributed by atoms with van der Waals surface area (Å²) in [5.74, 6) is 0. The van der Waals surface area contributed by atoms with Gasteiger partial charge in [-0.3, -0.25) is 9.69 Å². The molecule has 0 aliphatic carbocycles. The number of aryl methyl sites for hydroxylation is 2. The van der Waals surface area contributed by atoms with Gasteiger partial charge in [-0.05, 0) is 25.0 Å². The molecular weight excluding hydrogens is 202 g/mol. The van der Waals surface area contributed by atoms with Gasteiger partial charge in [0.1, 0.15) is 0 Å². The number of hydrogen-bond acceptors (Lipinski definition) is 3. The zero-order chi connectivity index (χ0) is 11.5. The predicted octanol–water partition coefficient (Wildman–Crippen LogP) is 0.397. The van der Waals surface area contributed by atoms with Gasteiger partial charge in [0.25, 0.3) is 0 Å². The molecule has 4 heteroatoms. The van der Waals surface area contributed by atoms with Gasteiger partial charge in [-0.2, -0.15) is 0 Å². The number of aromatic nitrogens is 1. The van der Waals surface area contributed by atoms with Crippen LogP contribution in [0.25, 0.3) is 0 Å². The third-order valence-corrected chi connectivity index (χ3v) is 3.18. The van der Waals surface area contributed by atoms with Crippen LogP contribution in [-0.4, -0.2) is 36.1 Å². The summed E-state index contributed by atoms with van der Waals surface area (Å²) in [6.07, 6.45) is 0. The number of hydrogen-bond donors (Lipinski definition) is 2. The Morgan fingerprint density at radius 2 is 2.00 bits per heavy atom. The van der Waals surface area contributed by atoms with Crippen molar-refractivity contribution in [3.05, 3.63) is 33.2 Å². The first kappa shape index (κ1) is 11.4. The normalized spacial score (nSPS) is 17.6. The molecule has 1 aliphatic rings. The van der Waals surface area contributed by atoms with Crippen LogP contribution in [-0.2, 0) is 6.54 Å². The molecule has 0 saturated carbocycles. The zero-order valence-corrected chi connectivity index (χ0v) is 9.97. The second-order valence-corrected chi connectivity index (χ2v) is 4.45. The second-order valence-electron chi connectivity index (χ2n) is 4.45. The van der Waals surface area contributed by atoms with Crippen molar-refractivity contribution in [3.63, 3.8) is 0 Å². The average molecular weight is 221 g/mol. The predicted molar refractivity (Wildman–Crippen MR) is 64.7 cm³/mol. The highest BCUT2D eigenvalue weighted by Crippen LogP contribution is 2.12. The Bertz CT molecular complexity index is 393. The van der Waals surface area contributed by atoms with Gasteiger partial charge in [-0.15, -0.1) is 0 Å². The quantitative estimate of drug-likeness (QED) is 0.760. The van der Waals surface area contributed by atoms with Crippen LogP contribution in [0, 0.1) is 13.8 Å². The van der Waals surface area contributed by atoms with Gasteiger partial charge in [0.05, 0.1) is 0 Å². The molecule has 0 radical (unpaired) electrons. The van der Waals surface area contributed by atoms with Crippen LogP contribution in [0.5, 0.6) is 0 Å². The first-order chi connectivity index (χ1) is 7.66. The SMILES string of the molecule is Cc1cc(=O)[nH]c(C)c1CN1CCNCC1.